The molecular formula is C18H19NO3. The molecule has 0 saturated heterocycles. The summed E-state index contributed by atoms with van der Waals surface area (Å²) < 4.78 is 10.4. The monoisotopic (exact) mass is 297 g/mol. The minimum Gasteiger partial charge on any atom is -0.497 e. The van der Waals surface area contributed by atoms with Crippen LogP contribution in [0.15, 0.2) is 54.6 Å². The highest BCUT2D eigenvalue weighted by Gasteiger charge is 2.00. The van der Waals surface area contributed by atoms with Crippen LogP contribution in [0.3, 0.4) is 0 Å². The van der Waals surface area contributed by atoms with E-state index in [1.165, 1.54) is 6.08 Å². The summed E-state index contributed by atoms with van der Waals surface area (Å²) >= 11 is 0. The minimum absolute atomic E-state index is 0.159. The Morgan fingerprint density at radius 3 is 2.68 bits per heavy atom. The van der Waals surface area contributed by atoms with Gasteiger partial charge in [-0.05, 0) is 29.8 Å². The summed E-state index contributed by atoms with van der Waals surface area (Å²) in [5.41, 5.74) is 1.85. The molecule has 0 spiro atoms. The topological polar surface area (TPSA) is 47.6 Å². The summed E-state index contributed by atoms with van der Waals surface area (Å²) in [7, 11) is 3.23. The van der Waals surface area contributed by atoms with Crippen molar-refractivity contribution >= 4 is 12.0 Å². The van der Waals surface area contributed by atoms with E-state index in [9.17, 15) is 4.79 Å². The van der Waals surface area contributed by atoms with Gasteiger partial charge in [0.25, 0.3) is 0 Å². The first-order chi connectivity index (χ1) is 10.7. The molecule has 114 valence electrons. The van der Waals surface area contributed by atoms with Crippen molar-refractivity contribution < 1.29 is 14.3 Å². The summed E-state index contributed by atoms with van der Waals surface area (Å²) in [6, 6.07) is 15.1. The van der Waals surface area contributed by atoms with E-state index in [1.54, 1.807) is 20.3 Å². The highest BCUT2D eigenvalue weighted by molar-refractivity contribution is 5.92. The molecule has 1 N–H and O–H groups in total. The largest absolute Gasteiger partial charge is 0.497 e. The van der Waals surface area contributed by atoms with Crippen LogP contribution in [0.2, 0.25) is 0 Å². The van der Waals surface area contributed by atoms with E-state index in [4.69, 9.17) is 9.47 Å². The fraction of sp³-hybridized carbons (Fsp3) is 0.167. The first kappa shape index (κ1) is 15.6. The zero-order valence-corrected chi connectivity index (χ0v) is 12.7. The zero-order valence-electron chi connectivity index (χ0n) is 12.7. The van der Waals surface area contributed by atoms with Crippen LogP contribution in [0.4, 0.5) is 0 Å². The minimum atomic E-state index is -0.159. The molecule has 0 atom stereocenters. The van der Waals surface area contributed by atoms with Gasteiger partial charge >= 0.3 is 0 Å². The molecule has 4 heteroatoms. The smallest absolute Gasteiger partial charge is 0.244 e. The number of methoxy groups -OCH3 is 2. The standard InChI is InChI=1S/C18H19NO3/c1-21-16-8-5-6-14(12-16)13-19-18(20)11-10-15-7-3-4-9-17(15)22-2/h3-12H,13H2,1-2H3,(H,19,20)/b11-10+. The number of nitrogens with one attached hydrogen (secondary N) is 1. The number of carbonyl (C=O) groups excluding carboxylic acids is 1. The first-order valence-electron chi connectivity index (χ1n) is 6.95. The van der Waals surface area contributed by atoms with Crippen LogP contribution < -0.4 is 14.8 Å². The number of carbonyl (C=O) groups is 1. The van der Waals surface area contributed by atoms with Crippen LogP contribution >= 0.6 is 0 Å². The third-order valence-electron chi connectivity index (χ3n) is 3.15. The number of amides is 1. The number of hydrogen-bond donors (Lipinski definition) is 1. The molecule has 0 aliphatic carbocycles. The Morgan fingerprint density at radius 1 is 1.09 bits per heavy atom. The quantitative estimate of drug-likeness (QED) is 0.834. The Bertz CT molecular complexity index is 665. The maximum absolute atomic E-state index is 11.9. The molecule has 2 aromatic rings. The SMILES string of the molecule is COc1cccc(CNC(=O)/C=C/c2ccccc2OC)c1. The van der Waals surface area contributed by atoms with E-state index in [1.807, 2.05) is 48.5 Å². The predicted octanol–water partition coefficient (Wildman–Crippen LogP) is 3.03. The van der Waals surface area contributed by atoms with E-state index < -0.39 is 0 Å². The molecule has 0 bridgehead atoms. The lowest BCUT2D eigenvalue weighted by atomic mass is 10.2. The molecule has 22 heavy (non-hydrogen) atoms. The second kappa shape index (κ2) is 7.88. The Balaban J connectivity index is 1.93. The zero-order chi connectivity index (χ0) is 15.8. The molecule has 0 aliphatic rings. The van der Waals surface area contributed by atoms with Gasteiger partial charge in [0, 0.05) is 18.2 Å². The Hall–Kier alpha value is -2.75. The number of benzene rings is 2. The normalized spacial score (nSPS) is 10.5. The van der Waals surface area contributed by atoms with E-state index in [-0.39, 0.29) is 5.91 Å². The molecule has 0 heterocycles. The van der Waals surface area contributed by atoms with Crippen molar-refractivity contribution in [2.24, 2.45) is 0 Å². The van der Waals surface area contributed by atoms with E-state index in [2.05, 4.69) is 5.32 Å². The van der Waals surface area contributed by atoms with Gasteiger partial charge in [0.2, 0.25) is 5.91 Å². The second-order valence-corrected chi connectivity index (χ2v) is 4.64. The first-order valence-corrected chi connectivity index (χ1v) is 6.95. The molecule has 0 saturated carbocycles. The van der Waals surface area contributed by atoms with Gasteiger partial charge in [-0.15, -0.1) is 0 Å². The molecule has 0 radical (unpaired) electrons. The van der Waals surface area contributed by atoms with Gasteiger partial charge in [-0.3, -0.25) is 4.79 Å². The van der Waals surface area contributed by atoms with Crippen molar-refractivity contribution in [3.63, 3.8) is 0 Å². The molecule has 0 fully saturated rings. The summed E-state index contributed by atoms with van der Waals surface area (Å²) in [4.78, 5) is 11.9. The molecule has 0 unspecified atom stereocenters. The van der Waals surface area contributed by atoms with Crippen molar-refractivity contribution in [2.45, 2.75) is 6.54 Å². The second-order valence-electron chi connectivity index (χ2n) is 4.64. The number of hydrogen-bond acceptors (Lipinski definition) is 3. The van der Waals surface area contributed by atoms with Crippen LogP contribution in [-0.2, 0) is 11.3 Å². The van der Waals surface area contributed by atoms with Gasteiger partial charge in [-0.2, -0.15) is 0 Å². The van der Waals surface area contributed by atoms with E-state index in [0.29, 0.717) is 6.54 Å². The van der Waals surface area contributed by atoms with Crippen LogP contribution in [0, 0.1) is 0 Å². The van der Waals surface area contributed by atoms with Crippen LogP contribution in [0.25, 0.3) is 6.08 Å². The Kier molecular flexibility index (Phi) is 5.60. The number of para-hydroxylation sites is 1. The lowest BCUT2D eigenvalue weighted by molar-refractivity contribution is -0.116. The van der Waals surface area contributed by atoms with Gasteiger partial charge in [0.1, 0.15) is 11.5 Å². The molecule has 0 aliphatic heterocycles. The molecule has 2 rings (SSSR count). The molecule has 0 aromatic heterocycles. The van der Waals surface area contributed by atoms with Crippen molar-refractivity contribution in [3.8, 4) is 11.5 Å². The summed E-state index contributed by atoms with van der Waals surface area (Å²) in [5.74, 6) is 1.35. The van der Waals surface area contributed by atoms with Crippen molar-refractivity contribution in [2.75, 3.05) is 14.2 Å². The third kappa shape index (κ3) is 4.38. The summed E-state index contributed by atoms with van der Waals surface area (Å²) in [5, 5.41) is 2.84. The van der Waals surface area contributed by atoms with Crippen LogP contribution in [-0.4, -0.2) is 20.1 Å². The fourth-order valence-corrected chi connectivity index (χ4v) is 2.00. The lowest BCUT2D eigenvalue weighted by Crippen LogP contribution is -2.20. The van der Waals surface area contributed by atoms with E-state index in [0.717, 1.165) is 22.6 Å². The number of rotatable bonds is 6. The highest BCUT2D eigenvalue weighted by atomic mass is 16.5. The molecule has 2 aromatic carbocycles. The summed E-state index contributed by atoms with van der Waals surface area (Å²) in [6.45, 7) is 0.451. The van der Waals surface area contributed by atoms with Crippen molar-refractivity contribution in [1.82, 2.24) is 5.32 Å². The van der Waals surface area contributed by atoms with Crippen LogP contribution in [0.5, 0.6) is 11.5 Å². The fourth-order valence-electron chi connectivity index (χ4n) is 2.00. The highest BCUT2D eigenvalue weighted by Crippen LogP contribution is 2.18. The van der Waals surface area contributed by atoms with Crippen LogP contribution in [0.1, 0.15) is 11.1 Å². The predicted molar refractivity (Wildman–Crippen MR) is 86.9 cm³/mol. The van der Waals surface area contributed by atoms with Gasteiger partial charge < -0.3 is 14.8 Å². The average molecular weight is 297 g/mol. The third-order valence-corrected chi connectivity index (χ3v) is 3.15. The molecule has 4 nitrogen and oxygen atoms in total. The van der Waals surface area contributed by atoms with E-state index >= 15 is 0 Å². The van der Waals surface area contributed by atoms with Crippen molar-refractivity contribution in [1.29, 1.82) is 0 Å². The Morgan fingerprint density at radius 2 is 1.91 bits per heavy atom. The summed E-state index contributed by atoms with van der Waals surface area (Å²) in [6.07, 6.45) is 3.23. The lowest BCUT2D eigenvalue weighted by Gasteiger charge is -2.05. The average Bonchev–Trinajstić information content (AvgIpc) is 2.58. The van der Waals surface area contributed by atoms with Gasteiger partial charge in [0.05, 0.1) is 14.2 Å². The Labute approximate surface area is 130 Å². The van der Waals surface area contributed by atoms with Crippen molar-refractivity contribution in [3.05, 3.63) is 65.7 Å². The molecule has 1 amide bonds. The van der Waals surface area contributed by atoms with Gasteiger partial charge in [-0.1, -0.05) is 30.3 Å². The maximum Gasteiger partial charge on any atom is 0.244 e. The molecular weight excluding hydrogens is 278 g/mol. The van der Waals surface area contributed by atoms with Gasteiger partial charge in [-0.25, -0.2) is 0 Å². The van der Waals surface area contributed by atoms with Gasteiger partial charge in [0.15, 0.2) is 0 Å². The number of ether oxygens (including phenoxy) is 2. The maximum atomic E-state index is 11.9.